The van der Waals surface area contributed by atoms with E-state index in [1.54, 1.807) is 34.5 Å². The van der Waals surface area contributed by atoms with Crippen molar-refractivity contribution in [1.82, 2.24) is 24.3 Å². The SMILES string of the molecule is CCn1cc(NC(=O)c2cc3c(nc2OC)nc(C(O)(c2ccccc2F)c2ccccc2F)n3CC)cn1. The Morgan fingerprint density at radius 2 is 1.67 bits per heavy atom. The van der Waals surface area contributed by atoms with E-state index in [1.165, 1.54) is 55.8 Å². The van der Waals surface area contributed by atoms with Gasteiger partial charge in [-0.1, -0.05) is 36.4 Å². The summed E-state index contributed by atoms with van der Waals surface area (Å²) in [7, 11) is 1.37. The molecule has 0 unspecified atom stereocenters. The van der Waals surface area contributed by atoms with Gasteiger partial charge in [0.2, 0.25) is 5.88 Å². The summed E-state index contributed by atoms with van der Waals surface area (Å²) in [6, 6.07) is 12.7. The molecule has 2 N–H and O–H groups in total. The predicted octanol–water partition coefficient (Wildman–Crippen LogP) is 4.49. The second-order valence-corrected chi connectivity index (χ2v) is 8.78. The van der Waals surface area contributed by atoms with Crippen LogP contribution >= 0.6 is 0 Å². The Bertz CT molecular complexity index is 1630. The molecule has 0 saturated heterocycles. The number of fused-ring (bicyclic) bond motifs is 1. The number of methoxy groups -OCH3 is 1. The quantitative estimate of drug-likeness (QED) is 0.305. The smallest absolute Gasteiger partial charge is 0.261 e. The van der Waals surface area contributed by atoms with E-state index in [0.29, 0.717) is 17.7 Å². The molecule has 5 aromatic rings. The Morgan fingerprint density at radius 1 is 1.03 bits per heavy atom. The summed E-state index contributed by atoms with van der Waals surface area (Å²) in [5, 5.41) is 19.1. The number of halogens is 2. The number of pyridine rings is 1. The lowest BCUT2D eigenvalue weighted by Crippen LogP contribution is -2.34. The van der Waals surface area contributed by atoms with Gasteiger partial charge in [-0.15, -0.1) is 0 Å². The fourth-order valence-corrected chi connectivity index (χ4v) is 4.64. The molecule has 3 aromatic heterocycles. The number of anilines is 1. The fourth-order valence-electron chi connectivity index (χ4n) is 4.64. The maximum atomic E-state index is 15.2. The van der Waals surface area contributed by atoms with Gasteiger partial charge < -0.3 is 19.7 Å². The van der Waals surface area contributed by atoms with Crippen LogP contribution in [-0.2, 0) is 18.7 Å². The third-order valence-electron chi connectivity index (χ3n) is 6.53. The Balaban J connectivity index is 1.72. The summed E-state index contributed by atoms with van der Waals surface area (Å²) in [5.74, 6) is -2.05. The Morgan fingerprint density at radius 3 is 2.21 bits per heavy atom. The molecule has 3 heterocycles. The minimum atomic E-state index is -2.32. The zero-order valence-corrected chi connectivity index (χ0v) is 21.5. The molecule has 0 radical (unpaired) electrons. The molecule has 5 rings (SSSR count). The second kappa shape index (κ2) is 10.3. The number of nitrogens with zero attached hydrogens (tertiary/aromatic N) is 5. The van der Waals surface area contributed by atoms with E-state index >= 15 is 8.78 Å². The molecule has 0 bridgehead atoms. The van der Waals surface area contributed by atoms with Crippen molar-refractivity contribution in [1.29, 1.82) is 0 Å². The average Bonchev–Trinajstić information content (AvgIpc) is 3.56. The van der Waals surface area contributed by atoms with Gasteiger partial charge in [-0.2, -0.15) is 10.1 Å². The molecule has 9 nitrogen and oxygen atoms in total. The first-order valence-electron chi connectivity index (χ1n) is 12.3. The zero-order valence-electron chi connectivity index (χ0n) is 21.5. The first-order valence-corrected chi connectivity index (χ1v) is 12.3. The summed E-state index contributed by atoms with van der Waals surface area (Å²) in [4.78, 5) is 22.2. The zero-order chi connectivity index (χ0) is 27.7. The maximum Gasteiger partial charge on any atom is 0.261 e. The molecule has 2 aromatic carbocycles. The second-order valence-electron chi connectivity index (χ2n) is 8.78. The van der Waals surface area contributed by atoms with E-state index in [9.17, 15) is 9.90 Å². The van der Waals surface area contributed by atoms with E-state index in [1.807, 2.05) is 6.92 Å². The van der Waals surface area contributed by atoms with Crippen molar-refractivity contribution in [3.05, 3.63) is 101 Å². The molecule has 0 aliphatic heterocycles. The average molecular weight is 533 g/mol. The van der Waals surface area contributed by atoms with E-state index < -0.39 is 23.1 Å². The fraction of sp³-hybridized carbons (Fsp3) is 0.214. The molecular formula is C28H26F2N6O3. The van der Waals surface area contributed by atoms with Gasteiger partial charge >= 0.3 is 0 Å². The molecular weight excluding hydrogens is 506 g/mol. The van der Waals surface area contributed by atoms with Crippen LogP contribution in [0.2, 0.25) is 0 Å². The monoisotopic (exact) mass is 532 g/mol. The van der Waals surface area contributed by atoms with Gasteiger partial charge in [-0.05, 0) is 32.0 Å². The van der Waals surface area contributed by atoms with Crippen LogP contribution in [0.3, 0.4) is 0 Å². The van der Waals surface area contributed by atoms with Crippen LogP contribution in [0.1, 0.15) is 41.2 Å². The summed E-state index contributed by atoms with van der Waals surface area (Å²) in [6.45, 7) is 4.59. The summed E-state index contributed by atoms with van der Waals surface area (Å²) in [5.41, 5.74) is -1.59. The molecule has 0 aliphatic carbocycles. The van der Waals surface area contributed by atoms with E-state index in [4.69, 9.17) is 4.74 Å². The van der Waals surface area contributed by atoms with Crippen molar-refractivity contribution in [2.24, 2.45) is 0 Å². The van der Waals surface area contributed by atoms with Crippen LogP contribution in [0, 0.1) is 11.6 Å². The lowest BCUT2D eigenvalue weighted by atomic mass is 9.84. The number of aliphatic hydroxyl groups is 1. The number of benzene rings is 2. The van der Waals surface area contributed by atoms with Crippen molar-refractivity contribution < 1.29 is 23.4 Å². The molecule has 0 aliphatic rings. The maximum absolute atomic E-state index is 15.2. The molecule has 0 fully saturated rings. The number of nitrogens with one attached hydrogen (secondary N) is 1. The number of hydrogen-bond donors (Lipinski definition) is 2. The molecule has 200 valence electrons. The molecule has 0 atom stereocenters. The summed E-state index contributed by atoms with van der Waals surface area (Å²) in [6.07, 6.45) is 3.21. The van der Waals surface area contributed by atoms with E-state index in [0.717, 1.165) is 0 Å². The normalized spacial score (nSPS) is 11.6. The highest BCUT2D eigenvalue weighted by Gasteiger charge is 2.43. The van der Waals surface area contributed by atoms with Gasteiger partial charge in [-0.25, -0.2) is 13.8 Å². The highest BCUT2D eigenvalue weighted by Crippen LogP contribution is 2.40. The molecule has 11 heteroatoms. The number of amides is 1. The minimum absolute atomic E-state index is 0.00416. The highest BCUT2D eigenvalue weighted by molar-refractivity contribution is 6.07. The third-order valence-corrected chi connectivity index (χ3v) is 6.53. The Kier molecular flexibility index (Phi) is 6.83. The molecule has 39 heavy (non-hydrogen) atoms. The lowest BCUT2D eigenvalue weighted by molar-refractivity contribution is 0.102. The third kappa shape index (κ3) is 4.40. The van der Waals surface area contributed by atoms with Crippen LogP contribution < -0.4 is 10.1 Å². The lowest BCUT2D eigenvalue weighted by Gasteiger charge is -2.30. The number of hydrogen-bond acceptors (Lipinski definition) is 6. The molecule has 0 spiro atoms. The number of carbonyl (C=O) groups is 1. The van der Waals surface area contributed by atoms with Crippen LogP contribution in [0.15, 0.2) is 67.0 Å². The first kappa shape index (κ1) is 26.0. The molecule has 1 amide bonds. The number of carbonyl (C=O) groups excluding carboxylic acids is 1. The number of ether oxygens (including phenoxy) is 1. The van der Waals surface area contributed by atoms with Crippen LogP contribution in [0.25, 0.3) is 11.2 Å². The highest BCUT2D eigenvalue weighted by atomic mass is 19.1. The topological polar surface area (TPSA) is 107 Å². The largest absolute Gasteiger partial charge is 0.480 e. The van der Waals surface area contributed by atoms with Crippen LogP contribution in [-0.4, -0.2) is 42.4 Å². The van der Waals surface area contributed by atoms with Gasteiger partial charge in [0.1, 0.15) is 17.2 Å². The van der Waals surface area contributed by atoms with Gasteiger partial charge in [0.25, 0.3) is 5.91 Å². The van der Waals surface area contributed by atoms with Crippen molar-refractivity contribution in [3.8, 4) is 5.88 Å². The number of rotatable bonds is 8. The van der Waals surface area contributed by atoms with E-state index in [-0.39, 0.29) is 40.6 Å². The van der Waals surface area contributed by atoms with Gasteiger partial charge in [0.15, 0.2) is 17.1 Å². The van der Waals surface area contributed by atoms with Gasteiger partial charge in [0.05, 0.1) is 24.5 Å². The Labute approximate surface area is 222 Å². The van der Waals surface area contributed by atoms with Crippen molar-refractivity contribution in [3.63, 3.8) is 0 Å². The van der Waals surface area contributed by atoms with E-state index in [2.05, 4.69) is 20.4 Å². The van der Waals surface area contributed by atoms with Gasteiger partial charge in [-0.3, -0.25) is 9.48 Å². The minimum Gasteiger partial charge on any atom is -0.480 e. The van der Waals surface area contributed by atoms with Gasteiger partial charge in [0, 0.05) is 30.4 Å². The predicted molar refractivity (Wildman–Crippen MR) is 141 cm³/mol. The van der Waals surface area contributed by atoms with Crippen LogP contribution in [0.5, 0.6) is 5.88 Å². The van der Waals surface area contributed by atoms with Crippen LogP contribution in [0.4, 0.5) is 14.5 Å². The number of aryl methyl sites for hydroxylation is 2. The molecule has 0 saturated carbocycles. The van der Waals surface area contributed by atoms with Crippen molar-refractivity contribution in [2.75, 3.05) is 12.4 Å². The summed E-state index contributed by atoms with van der Waals surface area (Å²) >= 11 is 0. The standard InChI is InChI=1S/C28H26F2N6O3/c1-4-35-16-17(15-31-35)32-25(37)18-14-23-24(33-26(18)39-3)34-27(36(23)5-2)28(38,19-10-6-8-12-21(19)29)20-11-7-9-13-22(20)30/h6-16,38H,4-5H2,1-3H3,(H,32,37). The summed E-state index contributed by atoms with van der Waals surface area (Å²) < 4.78 is 39.0. The van der Waals surface area contributed by atoms with Crippen molar-refractivity contribution in [2.45, 2.75) is 32.5 Å². The Hall–Kier alpha value is -4.64. The first-order chi connectivity index (χ1) is 18.8. The number of aromatic nitrogens is 5. The van der Waals surface area contributed by atoms with Crippen molar-refractivity contribution >= 4 is 22.8 Å². The number of imidazole rings is 1.